The summed E-state index contributed by atoms with van der Waals surface area (Å²) in [5, 5.41) is 0.508. The fourth-order valence-electron chi connectivity index (χ4n) is 5.16. The average molecular weight is 482 g/mol. The topological polar surface area (TPSA) is 54.8 Å². The monoisotopic (exact) mass is 481 g/mol. The number of aryl methyl sites for hydroxylation is 1. The van der Waals surface area contributed by atoms with Crippen molar-refractivity contribution in [3.63, 3.8) is 0 Å². The lowest BCUT2D eigenvalue weighted by molar-refractivity contribution is 0.0595. The Morgan fingerprint density at radius 1 is 0.889 bits per heavy atom. The number of benzene rings is 3. The number of rotatable bonds is 6. The standard InChI is InChI=1S/C30H31N3O3/c1-3-31-21-26(29(34)25-20-24(36-2)14-15-27(25)31)30(35)33-18-16-32(17-19-33)28(22-10-6-4-7-11-22)23-12-8-5-9-13-23/h4-15,20-21,28H,3,16-19H2,1-2H3. The molecule has 0 saturated carbocycles. The second-order valence-electron chi connectivity index (χ2n) is 9.09. The first-order chi connectivity index (χ1) is 17.6. The maximum absolute atomic E-state index is 13.6. The van der Waals surface area contributed by atoms with E-state index in [0.717, 1.165) is 18.6 Å². The number of ether oxygens (including phenoxy) is 1. The van der Waals surface area contributed by atoms with Crippen molar-refractivity contribution >= 4 is 16.8 Å². The molecule has 36 heavy (non-hydrogen) atoms. The molecule has 1 aromatic heterocycles. The molecule has 5 rings (SSSR count). The van der Waals surface area contributed by atoms with Gasteiger partial charge in [0.2, 0.25) is 5.43 Å². The summed E-state index contributed by atoms with van der Waals surface area (Å²) in [6.07, 6.45) is 1.71. The van der Waals surface area contributed by atoms with E-state index in [0.29, 0.717) is 30.8 Å². The molecular formula is C30H31N3O3. The number of pyridine rings is 1. The van der Waals surface area contributed by atoms with Crippen molar-refractivity contribution in [3.05, 3.63) is 112 Å². The summed E-state index contributed by atoms with van der Waals surface area (Å²) in [4.78, 5) is 31.2. The third-order valence-electron chi connectivity index (χ3n) is 7.06. The van der Waals surface area contributed by atoms with Gasteiger partial charge in [-0.25, -0.2) is 0 Å². The number of amides is 1. The smallest absolute Gasteiger partial charge is 0.259 e. The normalized spacial score (nSPS) is 14.4. The molecule has 1 aliphatic heterocycles. The van der Waals surface area contributed by atoms with Gasteiger partial charge >= 0.3 is 0 Å². The summed E-state index contributed by atoms with van der Waals surface area (Å²) in [6.45, 7) is 5.25. The molecule has 1 fully saturated rings. The van der Waals surface area contributed by atoms with Gasteiger partial charge in [-0.2, -0.15) is 0 Å². The van der Waals surface area contributed by atoms with Crippen LogP contribution in [0.2, 0.25) is 0 Å². The number of hydrogen-bond acceptors (Lipinski definition) is 4. The van der Waals surface area contributed by atoms with Crippen molar-refractivity contribution in [3.8, 4) is 5.75 Å². The van der Waals surface area contributed by atoms with Crippen LogP contribution >= 0.6 is 0 Å². The molecule has 0 bridgehead atoms. The first-order valence-electron chi connectivity index (χ1n) is 12.4. The maximum Gasteiger partial charge on any atom is 0.259 e. The van der Waals surface area contributed by atoms with Crippen LogP contribution in [0.5, 0.6) is 5.75 Å². The summed E-state index contributed by atoms with van der Waals surface area (Å²) >= 11 is 0. The Kier molecular flexibility index (Phi) is 6.87. The zero-order valence-corrected chi connectivity index (χ0v) is 20.8. The molecule has 1 aliphatic rings. The predicted molar refractivity (Wildman–Crippen MR) is 143 cm³/mol. The lowest BCUT2D eigenvalue weighted by Gasteiger charge is -2.39. The van der Waals surface area contributed by atoms with E-state index >= 15 is 0 Å². The number of carbonyl (C=O) groups is 1. The third kappa shape index (κ3) is 4.52. The lowest BCUT2D eigenvalue weighted by atomic mass is 9.96. The largest absolute Gasteiger partial charge is 0.497 e. The van der Waals surface area contributed by atoms with Crippen LogP contribution < -0.4 is 10.2 Å². The summed E-state index contributed by atoms with van der Waals surface area (Å²) in [5.41, 5.74) is 3.25. The minimum absolute atomic E-state index is 0.120. The van der Waals surface area contributed by atoms with Crippen molar-refractivity contribution in [2.75, 3.05) is 33.3 Å². The van der Waals surface area contributed by atoms with Gasteiger partial charge in [0, 0.05) is 38.9 Å². The minimum Gasteiger partial charge on any atom is -0.497 e. The highest BCUT2D eigenvalue weighted by molar-refractivity contribution is 5.97. The Morgan fingerprint density at radius 3 is 2.06 bits per heavy atom. The van der Waals surface area contributed by atoms with Crippen LogP contribution in [-0.2, 0) is 6.54 Å². The number of fused-ring (bicyclic) bond motifs is 1. The van der Waals surface area contributed by atoms with Crippen molar-refractivity contribution in [1.29, 1.82) is 0 Å². The second-order valence-corrected chi connectivity index (χ2v) is 9.09. The van der Waals surface area contributed by atoms with Gasteiger partial charge in [0.15, 0.2) is 0 Å². The van der Waals surface area contributed by atoms with Gasteiger partial charge in [0.1, 0.15) is 11.3 Å². The van der Waals surface area contributed by atoms with Gasteiger partial charge in [0.05, 0.1) is 24.1 Å². The van der Waals surface area contributed by atoms with Crippen molar-refractivity contribution in [1.82, 2.24) is 14.4 Å². The van der Waals surface area contributed by atoms with Gasteiger partial charge in [-0.15, -0.1) is 0 Å². The van der Waals surface area contributed by atoms with E-state index in [-0.39, 0.29) is 22.9 Å². The van der Waals surface area contributed by atoms with E-state index < -0.39 is 0 Å². The number of carbonyl (C=O) groups excluding carboxylic acids is 1. The molecule has 1 saturated heterocycles. The number of methoxy groups -OCH3 is 1. The van der Waals surface area contributed by atoms with Crippen LogP contribution in [-0.4, -0.2) is 53.6 Å². The highest BCUT2D eigenvalue weighted by atomic mass is 16.5. The molecular weight excluding hydrogens is 450 g/mol. The fraction of sp³-hybridized carbons (Fsp3) is 0.267. The molecule has 3 aromatic carbocycles. The molecule has 184 valence electrons. The Hall–Kier alpha value is -3.90. The Bertz CT molecular complexity index is 1370. The summed E-state index contributed by atoms with van der Waals surface area (Å²) in [6, 6.07) is 26.5. The molecule has 0 radical (unpaired) electrons. The average Bonchev–Trinajstić information content (AvgIpc) is 2.94. The molecule has 6 heteroatoms. The van der Waals surface area contributed by atoms with Gasteiger partial charge in [-0.1, -0.05) is 60.7 Å². The maximum atomic E-state index is 13.6. The zero-order valence-electron chi connectivity index (χ0n) is 20.8. The van der Waals surface area contributed by atoms with Gasteiger partial charge in [-0.3, -0.25) is 14.5 Å². The molecule has 6 nitrogen and oxygen atoms in total. The molecule has 4 aromatic rings. The van der Waals surface area contributed by atoms with Crippen LogP contribution in [0.4, 0.5) is 0 Å². The SMILES string of the molecule is CCn1cc(C(=O)N2CCN(C(c3ccccc3)c3ccccc3)CC2)c(=O)c2cc(OC)ccc21. The van der Waals surface area contributed by atoms with E-state index in [2.05, 4.69) is 53.4 Å². The van der Waals surface area contributed by atoms with E-state index in [1.807, 2.05) is 40.7 Å². The molecule has 0 aliphatic carbocycles. The van der Waals surface area contributed by atoms with E-state index in [4.69, 9.17) is 4.74 Å². The minimum atomic E-state index is -0.243. The first kappa shape index (κ1) is 23.8. The first-order valence-corrected chi connectivity index (χ1v) is 12.4. The molecule has 2 heterocycles. The van der Waals surface area contributed by atoms with Crippen LogP contribution in [0.25, 0.3) is 10.9 Å². The third-order valence-corrected chi connectivity index (χ3v) is 7.06. The molecule has 0 N–H and O–H groups in total. The number of nitrogens with zero attached hydrogens (tertiary/aromatic N) is 3. The van der Waals surface area contributed by atoms with Gasteiger partial charge in [-0.05, 0) is 36.2 Å². The summed E-state index contributed by atoms with van der Waals surface area (Å²) in [5.74, 6) is 0.399. The Balaban J connectivity index is 1.41. The number of hydrogen-bond donors (Lipinski definition) is 0. The Morgan fingerprint density at radius 2 is 1.50 bits per heavy atom. The van der Waals surface area contributed by atoms with Crippen molar-refractivity contribution < 1.29 is 9.53 Å². The van der Waals surface area contributed by atoms with Crippen LogP contribution in [0, 0.1) is 0 Å². The van der Waals surface area contributed by atoms with Gasteiger partial charge in [0.25, 0.3) is 5.91 Å². The number of aromatic nitrogens is 1. The molecule has 1 amide bonds. The predicted octanol–water partition coefficient (Wildman–Crippen LogP) is 4.58. The molecule has 0 spiro atoms. The number of piperazine rings is 1. The quantitative estimate of drug-likeness (QED) is 0.405. The van der Waals surface area contributed by atoms with Crippen molar-refractivity contribution in [2.45, 2.75) is 19.5 Å². The fourth-order valence-corrected chi connectivity index (χ4v) is 5.16. The highest BCUT2D eigenvalue weighted by Crippen LogP contribution is 2.29. The lowest BCUT2D eigenvalue weighted by Crippen LogP contribution is -2.50. The van der Waals surface area contributed by atoms with E-state index in [9.17, 15) is 9.59 Å². The highest BCUT2D eigenvalue weighted by Gasteiger charge is 2.29. The van der Waals surface area contributed by atoms with E-state index in [1.165, 1.54) is 11.1 Å². The Labute approximate surface area is 211 Å². The van der Waals surface area contributed by atoms with Crippen molar-refractivity contribution in [2.24, 2.45) is 0 Å². The summed E-state index contributed by atoms with van der Waals surface area (Å²) in [7, 11) is 1.58. The second kappa shape index (κ2) is 10.4. The van der Waals surface area contributed by atoms with E-state index in [1.54, 1.807) is 19.4 Å². The summed E-state index contributed by atoms with van der Waals surface area (Å²) < 4.78 is 7.28. The zero-order chi connectivity index (χ0) is 25.1. The molecule has 0 unspecified atom stereocenters. The van der Waals surface area contributed by atoms with Crippen LogP contribution in [0.1, 0.15) is 34.5 Å². The van der Waals surface area contributed by atoms with Gasteiger partial charge < -0.3 is 14.2 Å². The van der Waals surface area contributed by atoms with Crippen LogP contribution in [0.3, 0.4) is 0 Å². The molecule has 0 atom stereocenters. The van der Waals surface area contributed by atoms with Crippen LogP contribution in [0.15, 0.2) is 89.9 Å².